The molecule has 0 radical (unpaired) electrons. The van der Waals surface area contributed by atoms with E-state index in [1.165, 1.54) is 25.5 Å². The Hall–Kier alpha value is -4.54. The second-order valence-corrected chi connectivity index (χ2v) is 6.86. The van der Waals surface area contributed by atoms with Gasteiger partial charge in [-0.05, 0) is 61.2 Å². The van der Waals surface area contributed by atoms with Gasteiger partial charge in [-0.3, -0.25) is 10.4 Å². The molecule has 0 spiro atoms. The molecule has 1 aromatic carbocycles. The van der Waals surface area contributed by atoms with Gasteiger partial charge in [0.25, 0.3) is 0 Å². The Labute approximate surface area is 184 Å². The minimum Gasteiger partial charge on any atom is -0.481 e. The highest BCUT2D eigenvalue weighted by Crippen LogP contribution is 2.27. The Morgan fingerprint density at radius 1 is 1.28 bits per heavy atom. The summed E-state index contributed by atoms with van der Waals surface area (Å²) in [6.07, 6.45) is 4.26. The number of H-pyrrole nitrogens is 1. The maximum Gasteiger partial charge on any atom is 0.349 e. The van der Waals surface area contributed by atoms with Crippen LogP contribution >= 0.6 is 0 Å². The summed E-state index contributed by atoms with van der Waals surface area (Å²) in [6, 6.07) is 10.1. The van der Waals surface area contributed by atoms with Crippen LogP contribution in [0.1, 0.15) is 28.7 Å². The van der Waals surface area contributed by atoms with Gasteiger partial charge in [0.15, 0.2) is 5.82 Å². The molecule has 3 aromatic rings. The molecule has 2 aromatic heterocycles. The van der Waals surface area contributed by atoms with Crippen molar-refractivity contribution >= 4 is 17.3 Å². The number of aryl methyl sites for hydroxylation is 1. The molecule has 1 unspecified atom stereocenters. The van der Waals surface area contributed by atoms with Crippen molar-refractivity contribution in [2.24, 2.45) is 17.2 Å². The number of methoxy groups -OCH3 is 1. The molecular weight excluding hydrogens is 410 g/mol. The molecule has 166 valence electrons. The Morgan fingerprint density at radius 3 is 2.62 bits per heavy atom. The lowest BCUT2D eigenvalue weighted by molar-refractivity contribution is 0.396. The fraction of sp³-hybridized carbons (Fsp3) is 0.143. The van der Waals surface area contributed by atoms with Crippen molar-refractivity contribution in [2.45, 2.75) is 13.0 Å². The zero-order chi connectivity index (χ0) is 23.3. The monoisotopic (exact) mass is 435 g/mol. The highest BCUT2D eigenvalue weighted by atomic mass is 16.5. The van der Waals surface area contributed by atoms with Crippen LogP contribution in [0.3, 0.4) is 0 Å². The first-order chi connectivity index (χ1) is 15.3. The van der Waals surface area contributed by atoms with Crippen LogP contribution in [0.5, 0.6) is 5.88 Å². The van der Waals surface area contributed by atoms with E-state index >= 15 is 0 Å². The molecule has 0 saturated heterocycles. The predicted octanol–water partition coefficient (Wildman–Crippen LogP) is 0.998. The second-order valence-electron chi connectivity index (χ2n) is 6.86. The summed E-state index contributed by atoms with van der Waals surface area (Å²) in [5, 5.41) is 15.3. The molecule has 1 atom stereocenters. The number of nitrogens with two attached hydrogens (primary N) is 3. The maximum atomic E-state index is 12.5. The van der Waals surface area contributed by atoms with E-state index < -0.39 is 11.7 Å². The number of nitrogens with zero attached hydrogens (tertiary/aromatic N) is 3. The third-order valence-corrected chi connectivity index (χ3v) is 4.53. The van der Waals surface area contributed by atoms with Gasteiger partial charge in [-0.15, -0.1) is 5.10 Å². The lowest BCUT2D eigenvalue weighted by Gasteiger charge is -2.19. The van der Waals surface area contributed by atoms with E-state index in [9.17, 15) is 4.79 Å². The van der Waals surface area contributed by atoms with Gasteiger partial charge in [-0.1, -0.05) is 0 Å². The summed E-state index contributed by atoms with van der Waals surface area (Å²) >= 11 is 0. The SMILES string of the molecule is COc1cc(C(Nc2ccc(C(=N)N)cc2)c2nn(/C(N)=C/C=C\N)c(=O)[nH]2)cc(C)n1. The van der Waals surface area contributed by atoms with Gasteiger partial charge in [-0.25, -0.2) is 9.78 Å². The maximum absolute atomic E-state index is 12.5. The van der Waals surface area contributed by atoms with E-state index in [1.807, 2.05) is 13.0 Å². The minimum atomic E-state index is -0.569. The summed E-state index contributed by atoms with van der Waals surface area (Å²) < 4.78 is 6.35. The first-order valence-electron chi connectivity index (χ1n) is 9.59. The number of rotatable bonds is 8. The number of ether oxygens (including phenoxy) is 1. The Kier molecular flexibility index (Phi) is 6.59. The standard InChI is InChI=1S/C21H25N9O2/c1-12-10-14(11-17(26-12)32-2)18(27-15-7-5-13(6-8-15)19(24)25)20-28-21(31)30(29-20)16(23)4-3-9-22/h3-11,18,27H,22-23H2,1-2H3,(H3,24,25)(H,28,29,31)/b9-3-,16-4+. The molecule has 9 N–H and O–H groups in total. The number of allylic oxidation sites excluding steroid dienone is 2. The molecule has 0 aliphatic heterocycles. The van der Waals surface area contributed by atoms with Gasteiger partial charge in [0.1, 0.15) is 17.7 Å². The summed E-state index contributed by atoms with van der Waals surface area (Å²) in [7, 11) is 1.53. The smallest absolute Gasteiger partial charge is 0.349 e. The number of nitrogen functional groups attached to an aromatic ring is 1. The minimum absolute atomic E-state index is 0.0283. The quantitative estimate of drug-likeness (QED) is 0.172. The Morgan fingerprint density at radius 2 is 2.00 bits per heavy atom. The van der Waals surface area contributed by atoms with Crippen molar-refractivity contribution in [3.63, 3.8) is 0 Å². The van der Waals surface area contributed by atoms with Crippen LogP contribution in [0.2, 0.25) is 0 Å². The van der Waals surface area contributed by atoms with Gasteiger partial charge in [0, 0.05) is 23.0 Å². The number of benzene rings is 1. The van der Waals surface area contributed by atoms with E-state index in [0.717, 1.165) is 21.6 Å². The van der Waals surface area contributed by atoms with Gasteiger partial charge in [-0.2, -0.15) is 4.68 Å². The van der Waals surface area contributed by atoms with Crippen molar-refractivity contribution in [1.29, 1.82) is 5.41 Å². The molecule has 0 aliphatic rings. The third-order valence-electron chi connectivity index (χ3n) is 4.53. The van der Waals surface area contributed by atoms with Crippen molar-refractivity contribution in [1.82, 2.24) is 19.7 Å². The molecule has 32 heavy (non-hydrogen) atoms. The average molecular weight is 435 g/mol. The third kappa shape index (κ3) is 4.95. The molecule has 0 bridgehead atoms. The number of anilines is 1. The highest BCUT2D eigenvalue weighted by molar-refractivity contribution is 5.95. The molecule has 11 nitrogen and oxygen atoms in total. The fourth-order valence-electron chi connectivity index (χ4n) is 3.03. The second kappa shape index (κ2) is 9.51. The average Bonchev–Trinajstić information content (AvgIpc) is 3.16. The molecule has 3 rings (SSSR count). The van der Waals surface area contributed by atoms with Gasteiger partial charge in [0.2, 0.25) is 5.88 Å². The largest absolute Gasteiger partial charge is 0.481 e. The van der Waals surface area contributed by atoms with E-state index in [2.05, 4.69) is 20.4 Å². The van der Waals surface area contributed by atoms with Crippen LogP contribution < -0.4 is 32.9 Å². The summed E-state index contributed by atoms with van der Waals surface area (Å²) in [5.41, 5.74) is 19.1. The fourth-order valence-corrected chi connectivity index (χ4v) is 3.03. The summed E-state index contributed by atoms with van der Waals surface area (Å²) in [6.45, 7) is 1.84. The van der Waals surface area contributed by atoms with E-state index in [-0.39, 0.29) is 11.7 Å². The van der Waals surface area contributed by atoms with Crippen molar-refractivity contribution < 1.29 is 4.74 Å². The lowest BCUT2D eigenvalue weighted by atomic mass is 10.1. The van der Waals surface area contributed by atoms with Crippen LogP contribution in [0.15, 0.2) is 59.5 Å². The summed E-state index contributed by atoms with van der Waals surface area (Å²) in [4.78, 5) is 19.6. The number of hydrogen-bond acceptors (Lipinski definition) is 8. The molecule has 2 heterocycles. The van der Waals surface area contributed by atoms with Crippen LogP contribution in [-0.2, 0) is 0 Å². The molecular formula is C21H25N9O2. The molecule has 0 saturated carbocycles. The van der Waals surface area contributed by atoms with Crippen molar-refractivity contribution in [3.05, 3.63) is 87.9 Å². The van der Waals surface area contributed by atoms with Crippen LogP contribution in [0.4, 0.5) is 5.69 Å². The Bertz CT molecular complexity index is 1220. The van der Waals surface area contributed by atoms with E-state index in [1.54, 1.807) is 30.3 Å². The topological polar surface area (TPSA) is 187 Å². The zero-order valence-electron chi connectivity index (χ0n) is 17.7. The number of hydrogen-bond donors (Lipinski definition) is 6. The number of nitrogens with one attached hydrogen (secondary N) is 3. The molecule has 0 aliphatic carbocycles. The first-order valence-corrected chi connectivity index (χ1v) is 9.59. The molecule has 11 heteroatoms. The summed E-state index contributed by atoms with van der Waals surface area (Å²) in [5.74, 6) is 0.825. The van der Waals surface area contributed by atoms with Gasteiger partial charge < -0.3 is 27.3 Å². The zero-order valence-corrected chi connectivity index (χ0v) is 17.7. The van der Waals surface area contributed by atoms with Crippen molar-refractivity contribution in [2.75, 3.05) is 12.4 Å². The number of pyridine rings is 1. The Balaban J connectivity index is 2.08. The van der Waals surface area contributed by atoms with E-state index in [4.69, 9.17) is 27.3 Å². The number of aromatic nitrogens is 4. The number of aromatic amines is 1. The van der Waals surface area contributed by atoms with Crippen LogP contribution in [0.25, 0.3) is 5.82 Å². The first kappa shape index (κ1) is 22.2. The predicted molar refractivity (Wildman–Crippen MR) is 123 cm³/mol. The lowest BCUT2D eigenvalue weighted by Crippen LogP contribution is -2.21. The molecule has 0 fully saturated rings. The van der Waals surface area contributed by atoms with Gasteiger partial charge >= 0.3 is 5.69 Å². The molecule has 0 amide bonds. The van der Waals surface area contributed by atoms with Crippen LogP contribution in [0, 0.1) is 12.3 Å². The van der Waals surface area contributed by atoms with E-state index in [0.29, 0.717) is 17.3 Å². The highest BCUT2D eigenvalue weighted by Gasteiger charge is 2.22. The van der Waals surface area contributed by atoms with Crippen molar-refractivity contribution in [3.8, 4) is 5.88 Å². The van der Waals surface area contributed by atoms with Crippen LogP contribution in [-0.4, -0.2) is 32.7 Å². The normalized spacial score (nSPS) is 12.6. The number of amidine groups is 1. The van der Waals surface area contributed by atoms with Gasteiger partial charge in [0.05, 0.1) is 7.11 Å².